The molecule has 0 radical (unpaired) electrons. The molecule has 0 saturated heterocycles. The summed E-state index contributed by atoms with van der Waals surface area (Å²) in [5, 5.41) is 17.6. The third-order valence-corrected chi connectivity index (χ3v) is 5.22. The first kappa shape index (κ1) is 26.8. The van der Waals surface area contributed by atoms with Crippen LogP contribution in [-0.4, -0.2) is 38.2 Å². The van der Waals surface area contributed by atoms with E-state index in [-0.39, 0.29) is 13.2 Å². The second kappa shape index (κ2) is 13.9. The van der Waals surface area contributed by atoms with Gasteiger partial charge in [-0.05, 0) is 36.8 Å². The van der Waals surface area contributed by atoms with Crippen LogP contribution >= 0.6 is 11.3 Å². The molecular formula is C23H25N5O4S. The number of ether oxygens (including phenoxy) is 2. The average Bonchev–Trinajstić information content (AvgIpc) is 3.10. The lowest BCUT2D eigenvalue weighted by molar-refractivity contribution is -0.137. The zero-order chi connectivity index (χ0) is 24.8. The largest absolute Gasteiger partial charge is 0.461 e. The molecule has 1 aromatic carbocycles. The van der Waals surface area contributed by atoms with Gasteiger partial charge in [0.2, 0.25) is 0 Å². The number of esters is 2. The van der Waals surface area contributed by atoms with E-state index in [1.165, 1.54) is 0 Å². The van der Waals surface area contributed by atoms with E-state index in [0.717, 1.165) is 29.2 Å². The molecule has 0 fully saturated rings. The molecule has 33 heavy (non-hydrogen) atoms. The fraction of sp³-hybridized carbons (Fsp3) is 0.217. The number of nitrogens with two attached hydrogens (primary N) is 2. The fourth-order valence-corrected chi connectivity index (χ4v) is 3.29. The maximum atomic E-state index is 11.1. The molecular weight excluding hydrogens is 442 g/mol. The minimum absolute atomic E-state index is 0.199. The van der Waals surface area contributed by atoms with E-state index in [1.807, 2.05) is 29.2 Å². The minimum atomic E-state index is -0.477. The third kappa shape index (κ3) is 8.77. The molecule has 0 bridgehead atoms. The highest BCUT2D eigenvalue weighted by Crippen LogP contribution is 2.28. The minimum Gasteiger partial charge on any atom is -0.461 e. The number of anilines is 3. The SMILES string of the molecule is C=CC(=O)OCCN(CCOC(=O)C=C)c1ccc(N)cc1.Cc1c(C#N)sc(N)c1C#N. The Kier molecular flexibility index (Phi) is 11.3. The summed E-state index contributed by atoms with van der Waals surface area (Å²) in [6.07, 6.45) is 2.22. The molecule has 0 aliphatic carbocycles. The van der Waals surface area contributed by atoms with Crippen LogP contribution in [0.15, 0.2) is 49.6 Å². The van der Waals surface area contributed by atoms with Crippen molar-refractivity contribution in [1.82, 2.24) is 0 Å². The first-order chi connectivity index (χ1) is 15.8. The highest BCUT2D eigenvalue weighted by Gasteiger charge is 2.11. The number of nitrogens with zero attached hydrogens (tertiary/aromatic N) is 3. The quantitative estimate of drug-likeness (QED) is 0.321. The van der Waals surface area contributed by atoms with Gasteiger partial charge in [-0.1, -0.05) is 13.2 Å². The van der Waals surface area contributed by atoms with Crippen LogP contribution in [0.1, 0.15) is 16.0 Å². The average molecular weight is 468 g/mol. The summed E-state index contributed by atoms with van der Waals surface area (Å²) in [4.78, 5) is 24.6. The molecule has 1 heterocycles. The van der Waals surface area contributed by atoms with Crippen LogP contribution in [-0.2, 0) is 19.1 Å². The van der Waals surface area contributed by atoms with Gasteiger partial charge in [-0.3, -0.25) is 0 Å². The zero-order valence-corrected chi connectivity index (χ0v) is 19.1. The summed E-state index contributed by atoms with van der Waals surface area (Å²) in [6, 6.07) is 11.2. The van der Waals surface area contributed by atoms with Crippen LogP contribution in [0, 0.1) is 29.6 Å². The number of rotatable bonds is 9. The summed E-state index contributed by atoms with van der Waals surface area (Å²) in [5.74, 6) is -0.953. The van der Waals surface area contributed by atoms with Crippen molar-refractivity contribution in [3.63, 3.8) is 0 Å². The summed E-state index contributed by atoms with van der Waals surface area (Å²) < 4.78 is 9.94. The number of benzene rings is 1. The van der Waals surface area contributed by atoms with Crippen molar-refractivity contribution in [2.75, 3.05) is 42.7 Å². The Labute approximate surface area is 196 Å². The van der Waals surface area contributed by atoms with E-state index in [4.69, 9.17) is 31.5 Å². The van der Waals surface area contributed by atoms with E-state index < -0.39 is 11.9 Å². The van der Waals surface area contributed by atoms with E-state index in [9.17, 15) is 9.59 Å². The maximum Gasteiger partial charge on any atom is 0.330 e. The zero-order valence-electron chi connectivity index (χ0n) is 18.2. The topological polar surface area (TPSA) is 155 Å². The second-order valence-corrected chi connectivity index (χ2v) is 7.39. The number of thiophene rings is 1. The molecule has 0 spiro atoms. The predicted molar refractivity (Wildman–Crippen MR) is 128 cm³/mol. The second-order valence-electron chi connectivity index (χ2n) is 6.34. The molecule has 2 rings (SSSR count). The predicted octanol–water partition coefficient (Wildman–Crippen LogP) is 2.92. The highest BCUT2D eigenvalue weighted by molar-refractivity contribution is 7.16. The van der Waals surface area contributed by atoms with Gasteiger partial charge < -0.3 is 25.8 Å². The summed E-state index contributed by atoms with van der Waals surface area (Å²) in [7, 11) is 0. The molecule has 0 atom stereocenters. The van der Waals surface area contributed by atoms with Gasteiger partial charge in [0.15, 0.2) is 0 Å². The molecule has 0 aliphatic heterocycles. The molecule has 172 valence electrons. The van der Waals surface area contributed by atoms with Crippen molar-refractivity contribution in [3.8, 4) is 12.1 Å². The Bertz CT molecular complexity index is 1040. The smallest absolute Gasteiger partial charge is 0.330 e. The number of nitrogen functional groups attached to an aromatic ring is 2. The van der Waals surface area contributed by atoms with Gasteiger partial charge >= 0.3 is 11.9 Å². The number of hydrogen-bond acceptors (Lipinski definition) is 10. The lowest BCUT2D eigenvalue weighted by Gasteiger charge is -2.24. The van der Waals surface area contributed by atoms with Crippen LogP contribution in [0.4, 0.5) is 16.4 Å². The monoisotopic (exact) mass is 467 g/mol. The Balaban J connectivity index is 0.000000412. The Morgan fingerprint density at radius 3 is 1.91 bits per heavy atom. The summed E-state index contributed by atoms with van der Waals surface area (Å²) in [5.41, 5.74) is 13.8. The molecule has 10 heteroatoms. The molecule has 4 N–H and O–H groups in total. The van der Waals surface area contributed by atoms with E-state index in [2.05, 4.69) is 13.2 Å². The van der Waals surface area contributed by atoms with Crippen LogP contribution in [0.5, 0.6) is 0 Å². The standard InChI is InChI=1S/C16H20N2O4.C7H5N3S/c1-3-15(19)21-11-9-18(10-12-22-16(20)4-2)14-7-5-13(17)6-8-14;1-4-5(2-8)7(10)11-6(4)3-9/h3-8H,1-2,9-12,17H2;10H2,1H3. The molecule has 0 unspecified atom stereocenters. The van der Waals surface area contributed by atoms with Gasteiger partial charge in [-0.25, -0.2) is 9.59 Å². The summed E-state index contributed by atoms with van der Waals surface area (Å²) >= 11 is 1.16. The third-order valence-electron chi connectivity index (χ3n) is 4.19. The van der Waals surface area contributed by atoms with Gasteiger partial charge in [0, 0.05) is 23.5 Å². The number of nitriles is 2. The van der Waals surface area contributed by atoms with Gasteiger partial charge in [0.1, 0.15) is 35.2 Å². The van der Waals surface area contributed by atoms with Crippen LogP contribution in [0.3, 0.4) is 0 Å². The molecule has 0 saturated carbocycles. The molecule has 0 amide bonds. The van der Waals surface area contributed by atoms with Crippen LogP contribution in [0.2, 0.25) is 0 Å². The van der Waals surface area contributed by atoms with Gasteiger partial charge in [0.25, 0.3) is 0 Å². The van der Waals surface area contributed by atoms with Crippen molar-refractivity contribution in [3.05, 3.63) is 65.6 Å². The van der Waals surface area contributed by atoms with Gasteiger partial charge in [-0.15, -0.1) is 11.3 Å². The van der Waals surface area contributed by atoms with Crippen molar-refractivity contribution in [1.29, 1.82) is 10.5 Å². The fourth-order valence-electron chi connectivity index (χ4n) is 2.47. The lowest BCUT2D eigenvalue weighted by Crippen LogP contribution is -2.32. The number of carbonyl (C=O) groups excluding carboxylic acids is 2. The Morgan fingerprint density at radius 2 is 1.55 bits per heavy atom. The van der Waals surface area contributed by atoms with E-state index >= 15 is 0 Å². The normalized spacial score (nSPS) is 9.30. The summed E-state index contributed by atoms with van der Waals surface area (Å²) in [6.45, 7) is 9.70. The van der Waals surface area contributed by atoms with Crippen molar-refractivity contribution < 1.29 is 19.1 Å². The molecule has 1 aromatic heterocycles. The van der Waals surface area contributed by atoms with Crippen LogP contribution < -0.4 is 16.4 Å². The van der Waals surface area contributed by atoms with Crippen molar-refractivity contribution in [2.45, 2.75) is 6.92 Å². The maximum absolute atomic E-state index is 11.1. The van der Waals surface area contributed by atoms with Gasteiger partial charge in [0.05, 0.1) is 18.7 Å². The molecule has 0 aliphatic rings. The molecule has 9 nitrogen and oxygen atoms in total. The Hall–Kier alpha value is -4.28. The van der Waals surface area contributed by atoms with Crippen LogP contribution in [0.25, 0.3) is 0 Å². The van der Waals surface area contributed by atoms with Crippen molar-refractivity contribution >= 4 is 39.7 Å². The first-order valence-electron chi connectivity index (χ1n) is 9.65. The van der Waals surface area contributed by atoms with E-state index in [0.29, 0.717) is 39.8 Å². The number of carbonyl (C=O) groups is 2. The first-order valence-corrected chi connectivity index (χ1v) is 10.5. The van der Waals surface area contributed by atoms with Crippen molar-refractivity contribution in [2.24, 2.45) is 0 Å². The Morgan fingerprint density at radius 1 is 1.03 bits per heavy atom. The molecule has 2 aromatic rings. The lowest BCUT2D eigenvalue weighted by atomic mass is 10.2. The van der Waals surface area contributed by atoms with E-state index in [1.54, 1.807) is 19.1 Å². The van der Waals surface area contributed by atoms with Gasteiger partial charge in [-0.2, -0.15) is 10.5 Å². The highest BCUT2D eigenvalue weighted by atomic mass is 32.1. The number of hydrogen-bond donors (Lipinski definition) is 2.